The summed E-state index contributed by atoms with van der Waals surface area (Å²) in [7, 11) is 1.72. The van der Waals surface area contributed by atoms with Crippen LogP contribution < -0.4 is 15.4 Å². The van der Waals surface area contributed by atoms with Gasteiger partial charge in [-0.25, -0.2) is 4.98 Å². The van der Waals surface area contributed by atoms with Crippen LogP contribution in [-0.2, 0) is 6.54 Å². The second-order valence-electron chi connectivity index (χ2n) is 7.27. The van der Waals surface area contributed by atoms with Crippen LogP contribution in [0.2, 0.25) is 0 Å². The van der Waals surface area contributed by atoms with Gasteiger partial charge < -0.3 is 20.5 Å². The number of ether oxygens (including phenoxy) is 1. The standard InChI is InChI=1S/C22H26N4O2S/c1-23-22(25-12-16-8-9-21(24-11-16)28-14-15-6-7-15)26-13-18(27)20-10-17-4-2-3-5-19(17)29-20/h2-5,8-11,15,18,27H,6-7,12-14H2,1H3,(H2,23,25,26). The quantitative estimate of drug-likeness (QED) is 0.391. The molecule has 0 saturated heterocycles. The molecule has 1 atom stereocenters. The van der Waals surface area contributed by atoms with Gasteiger partial charge in [-0.1, -0.05) is 24.3 Å². The predicted molar refractivity (Wildman–Crippen MR) is 117 cm³/mol. The molecule has 0 amide bonds. The number of aromatic nitrogens is 1. The number of hydrogen-bond acceptors (Lipinski definition) is 5. The first-order valence-electron chi connectivity index (χ1n) is 9.90. The molecule has 3 N–H and O–H groups in total. The summed E-state index contributed by atoms with van der Waals surface area (Å²) in [6.45, 7) is 1.75. The van der Waals surface area contributed by atoms with Gasteiger partial charge in [-0.15, -0.1) is 11.3 Å². The lowest BCUT2D eigenvalue weighted by Crippen LogP contribution is -2.38. The lowest BCUT2D eigenvalue weighted by atomic mass is 10.2. The average Bonchev–Trinajstić information content (AvgIpc) is 3.48. The molecule has 0 bridgehead atoms. The molecule has 3 aromatic rings. The Morgan fingerprint density at radius 2 is 2.14 bits per heavy atom. The minimum atomic E-state index is -0.587. The summed E-state index contributed by atoms with van der Waals surface area (Å²) in [4.78, 5) is 9.53. The number of fused-ring (bicyclic) bond motifs is 1. The summed E-state index contributed by atoms with van der Waals surface area (Å²) in [5.74, 6) is 2.03. The molecule has 0 aliphatic heterocycles. The molecule has 1 aromatic carbocycles. The van der Waals surface area contributed by atoms with E-state index in [9.17, 15) is 5.11 Å². The van der Waals surface area contributed by atoms with E-state index in [1.54, 1.807) is 18.4 Å². The van der Waals surface area contributed by atoms with Gasteiger partial charge in [0.15, 0.2) is 5.96 Å². The van der Waals surface area contributed by atoms with Crippen molar-refractivity contribution in [3.8, 4) is 5.88 Å². The van der Waals surface area contributed by atoms with E-state index in [2.05, 4.69) is 32.7 Å². The van der Waals surface area contributed by atoms with Gasteiger partial charge in [0.2, 0.25) is 5.88 Å². The van der Waals surface area contributed by atoms with E-state index >= 15 is 0 Å². The van der Waals surface area contributed by atoms with Crippen molar-refractivity contribution in [2.24, 2.45) is 10.9 Å². The Morgan fingerprint density at radius 3 is 2.86 bits per heavy atom. The van der Waals surface area contributed by atoms with Crippen molar-refractivity contribution in [3.63, 3.8) is 0 Å². The van der Waals surface area contributed by atoms with Crippen LogP contribution in [0.5, 0.6) is 5.88 Å². The van der Waals surface area contributed by atoms with Crippen molar-refractivity contribution in [2.75, 3.05) is 20.2 Å². The highest BCUT2D eigenvalue weighted by atomic mass is 32.1. The van der Waals surface area contributed by atoms with Gasteiger partial charge in [-0.3, -0.25) is 4.99 Å². The SMILES string of the molecule is CN=C(NCc1ccc(OCC2CC2)nc1)NCC(O)c1cc2ccccc2s1. The zero-order valence-electron chi connectivity index (χ0n) is 16.5. The second-order valence-corrected chi connectivity index (χ2v) is 8.38. The maximum Gasteiger partial charge on any atom is 0.213 e. The van der Waals surface area contributed by atoms with Crippen molar-refractivity contribution < 1.29 is 9.84 Å². The van der Waals surface area contributed by atoms with Crippen LogP contribution in [0.25, 0.3) is 10.1 Å². The van der Waals surface area contributed by atoms with Crippen LogP contribution in [0.4, 0.5) is 0 Å². The van der Waals surface area contributed by atoms with Crippen molar-refractivity contribution >= 4 is 27.4 Å². The minimum Gasteiger partial charge on any atom is -0.477 e. The highest BCUT2D eigenvalue weighted by Gasteiger charge is 2.22. The number of aliphatic hydroxyl groups excluding tert-OH is 1. The molecule has 0 spiro atoms. The van der Waals surface area contributed by atoms with E-state index in [1.165, 1.54) is 17.5 Å². The number of nitrogens with one attached hydrogen (secondary N) is 2. The zero-order chi connectivity index (χ0) is 20.1. The number of benzene rings is 1. The Labute approximate surface area is 174 Å². The molecule has 2 heterocycles. The zero-order valence-corrected chi connectivity index (χ0v) is 17.3. The van der Waals surface area contributed by atoms with Crippen molar-refractivity contribution in [1.82, 2.24) is 15.6 Å². The highest BCUT2D eigenvalue weighted by molar-refractivity contribution is 7.19. The maximum atomic E-state index is 10.5. The molecule has 0 radical (unpaired) electrons. The molecule has 1 fully saturated rings. The van der Waals surface area contributed by atoms with Crippen LogP contribution >= 0.6 is 11.3 Å². The fourth-order valence-electron chi connectivity index (χ4n) is 2.96. The first kappa shape index (κ1) is 19.7. The Bertz CT molecular complexity index is 933. The monoisotopic (exact) mass is 410 g/mol. The fourth-order valence-corrected chi connectivity index (χ4v) is 4.01. The second kappa shape index (κ2) is 9.24. The lowest BCUT2D eigenvalue weighted by Gasteiger charge is -2.14. The third-order valence-electron chi connectivity index (χ3n) is 4.88. The largest absolute Gasteiger partial charge is 0.477 e. The molecule has 152 valence electrons. The molecular formula is C22H26N4O2S. The molecule has 1 saturated carbocycles. The third-order valence-corrected chi connectivity index (χ3v) is 6.10. The van der Waals surface area contributed by atoms with Crippen molar-refractivity contribution in [3.05, 3.63) is 59.1 Å². The van der Waals surface area contributed by atoms with E-state index in [-0.39, 0.29) is 0 Å². The number of guanidine groups is 1. The smallest absolute Gasteiger partial charge is 0.213 e. The van der Waals surface area contributed by atoms with E-state index in [1.807, 2.05) is 36.5 Å². The van der Waals surface area contributed by atoms with E-state index in [0.29, 0.717) is 24.9 Å². The van der Waals surface area contributed by atoms with E-state index < -0.39 is 6.10 Å². The predicted octanol–water partition coefficient (Wildman–Crippen LogP) is 3.48. The topological polar surface area (TPSA) is 78.8 Å². The number of nitrogens with zero attached hydrogens (tertiary/aromatic N) is 2. The summed E-state index contributed by atoms with van der Waals surface area (Å²) in [5.41, 5.74) is 1.04. The Kier molecular flexibility index (Phi) is 6.27. The molecule has 1 aliphatic rings. The Morgan fingerprint density at radius 1 is 1.28 bits per heavy atom. The van der Waals surface area contributed by atoms with Gasteiger partial charge >= 0.3 is 0 Å². The lowest BCUT2D eigenvalue weighted by molar-refractivity contribution is 0.184. The molecule has 29 heavy (non-hydrogen) atoms. The summed E-state index contributed by atoms with van der Waals surface area (Å²) in [6.07, 6.45) is 3.77. The van der Waals surface area contributed by atoms with Gasteiger partial charge in [0.1, 0.15) is 6.10 Å². The minimum absolute atomic E-state index is 0.388. The first-order chi connectivity index (χ1) is 14.2. The molecular weight excluding hydrogens is 384 g/mol. The van der Waals surface area contributed by atoms with Crippen molar-refractivity contribution in [1.29, 1.82) is 0 Å². The summed E-state index contributed by atoms with van der Waals surface area (Å²) in [6, 6.07) is 14.1. The number of aliphatic hydroxyl groups is 1. The Balaban J connectivity index is 1.24. The molecule has 1 aliphatic carbocycles. The molecule has 2 aromatic heterocycles. The fraction of sp³-hybridized carbons (Fsp3) is 0.364. The molecule has 7 heteroatoms. The normalized spacial score (nSPS) is 15.3. The molecule has 1 unspecified atom stereocenters. The van der Waals surface area contributed by atoms with Gasteiger partial charge in [0.25, 0.3) is 0 Å². The summed E-state index contributed by atoms with van der Waals surface area (Å²) < 4.78 is 6.85. The average molecular weight is 411 g/mol. The number of rotatable bonds is 8. The van der Waals surface area contributed by atoms with Crippen LogP contribution in [-0.4, -0.2) is 36.2 Å². The number of aliphatic imine (C=N–C) groups is 1. The third kappa shape index (κ3) is 5.46. The summed E-state index contributed by atoms with van der Waals surface area (Å²) in [5, 5.41) is 18.1. The van der Waals surface area contributed by atoms with Crippen LogP contribution in [0.15, 0.2) is 53.7 Å². The van der Waals surface area contributed by atoms with Crippen LogP contribution in [0.1, 0.15) is 29.4 Å². The van der Waals surface area contributed by atoms with E-state index in [4.69, 9.17) is 4.74 Å². The Hall–Kier alpha value is -2.64. The van der Waals surface area contributed by atoms with Gasteiger partial charge in [-0.05, 0) is 41.8 Å². The number of pyridine rings is 1. The van der Waals surface area contributed by atoms with Gasteiger partial charge in [0.05, 0.1) is 6.61 Å². The van der Waals surface area contributed by atoms with Crippen molar-refractivity contribution in [2.45, 2.75) is 25.5 Å². The first-order valence-corrected chi connectivity index (χ1v) is 10.7. The summed E-state index contributed by atoms with van der Waals surface area (Å²) >= 11 is 1.62. The maximum absolute atomic E-state index is 10.5. The highest BCUT2D eigenvalue weighted by Crippen LogP contribution is 2.30. The van der Waals surface area contributed by atoms with Crippen LogP contribution in [0.3, 0.4) is 0 Å². The van der Waals surface area contributed by atoms with Gasteiger partial charge in [-0.2, -0.15) is 0 Å². The van der Waals surface area contributed by atoms with Crippen LogP contribution in [0, 0.1) is 5.92 Å². The molecule has 4 rings (SSSR count). The molecule has 6 nitrogen and oxygen atoms in total. The number of hydrogen-bond donors (Lipinski definition) is 3. The van der Waals surface area contributed by atoms with Gasteiger partial charge in [0, 0.05) is 42.0 Å². The number of thiophene rings is 1. The van der Waals surface area contributed by atoms with E-state index in [0.717, 1.165) is 28.4 Å².